The fraction of sp³-hybridized carbons (Fsp3) is 0.875. The average Bonchev–Trinajstić information content (AvgIpc) is 2.05. The van der Waals surface area contributed by atoms with Crippen molar-refractivity contribution in [2.24, 2.45) is 5.73 Å². The molecule has 0 saturated heterocycles. The normalized spacial score (nSPS) is 13.2. The highest BCUT2D eigenvalue weighted by molar-refractivity contribution is 5.73. The summed E-state index contributed by atoms with van der Waals surface area (Å²) in [5.41, 5.74) is 4.98. The standard InChI is InChI=1S/C8H18N2O3/c1-6(8(12-2)13-3)10-5-4-7(9)11/h6,8,10H,4-5H2,1-3H3,(H2,9,11). The molecule has 0 aliphatic rings. The summed E-state index contributed by atoms with van der Waals surface area (Å²) in [5, 5.41) is 3.07. The third-order valence-corrected chi connectivity index (χ3v) is 1.71. The summed E-state index contributed by atoms with van der Waals surface area (Å²) in [7, 11) is 3.14. The van der Waals surface area contributed by atoms with Crippen molar-refractivity contribution in [3.8, 4) is 0 Å². The van der Waals surface area contributed by atoms with Gasteiger partial charge in [0.1, 0.15) is 0 Å². The molecule has 0 aliphatic heterocycles. The number of carbonyl (C=O) groups is 1. The van der Waals surface area contributed by atoms with Gasteiger partial charge >= 0.3 is 0 Å². The third-order valence-electron chi connectivity index (χ3n) is 1.71. The minimum absolute atomic E-state index is 0.0364. The van der Waals surface area contributed by atoms with Gasteiger partial charge in [0.05, 0.1) is 6.04 Å². The smallest absolute Gasteiger partial charge is 0.218 e. The van der Waals surface area contributed by atoms with E-state index in [9.17, 15) is 4.79 Å². The third kappa shape index (κ3) is 5.57. The largest absolute Gasteiger partial charge is 0.370 e. The summed E-state index contributed by atoms with van der Waals surface area (Å²) in [5.74, 6) is -0.314. The van der Waals surface area contributed by atoms with Crippen LogP contribution in [0.3, 0.4) is 0 Å². The number of nitrogens with two attached hydrogens (primary N) is 1. The van der Waals surface area contributed by atoms with Gasteiger partial charge in [0.25, 0.3) is 0 Å². The van der Waals surface area contributed by atoms with Gasteiger partial charge < -0.3 is 20.5 Å². The van der Waals surface area contributed by atoms with E-state index in [0.717, 1.165) is 0 Å². The van der Waals surface area contributed by atoms with E-state index in [1.807, 2.05) is 6.92 Å². The van der Waals surface area contributed by atoms with Crippen LogP contribution < -0.4 is 11.1 Å². The molecule has 1 unspecified atom stereocenters. The lowest BCUT2D eigenvalue weighted by molar-refractivity contribution is -0.122. The van der Waals surface area contributed by atoms with Gasteiger partial charge in [-0.2, -0.15) is 0 Å². The highest BCUT2D eigenvalue weighted by atomic mass is 16.7. The second-order valence-electron chi connectivity index (χ2n) is 2.80. The van der Waals surface area contributed by atoms with Crippen molar-refractivity contribution in [2.45, 2.75) is 25.7 Å². The quantitative estimate of drug-likeness (QED) is 0.529. The molecule has 13 heavy (non-hydrogen) atoms. The molecule has 5 heteroatoms. The minimum atomic E-state index is -0.314. The zero-order valence-corrected chi connectivity index (χ0v) is 8.37. The van der Waals surface area contributed by atoms with Crippen LogP contribution in [0.4, 0.5) is 0 Å². The molecule has 1 amide bonds. The van der Waals surface area contributed by atoms with Gasteiger partial charge in [-0.1, -0.05) is 0 Å². The summed E-state index contributed by atoms with van der Waals surface area (Å²) < 4.78 is 10.0. The molecule has 0 aromatic carbocycles. The lowest BCUT2D eigenvalue weighted by atomic mass is 10.3. The SMILES string of the molecule is COC(OC)C(C)NCCC(N)=O. The van der Waals surface area contributed by atoms with Crippen LogP contribution in [0.15, 0.2) is 0 Å². The number of hydrogen-bond donors (Lipinski definition) is 2. The van der Waals surface area contributed by atoms with Gasteiger partial charge in [-0.3, -0.25) is 4.79 Å². The number of hydrogen-bond acceptors (Lipinski definition) is 4. The van der Waals surface area contributed by atoms with E-state index in [0.29, 0.717) is 13.0 Å². The van der Waals surface area contributed by atoms with E-state index in [-0.39, 0.29) is 18.2 Å². The molecule has 0 saturated carbocycles. The molecule has 0 radical (unpaired) electrons. The number of amides is 1. The van der Waals surface area contributed by atoms with Crippen molar-refractivity contribution < 1.29 is 14.3 Å². The molecule has 0 fully saturated rings. The number of nitrogens with one attached hydrogen (secondary N) is 1. The van der Waals surface area contributed by atoms with Crippen LogP contribution in [-0.2, 0) is 14.3 Å². The first-order chi connectivity index (χ1) is 6.11. The first-order valence-electron chi connectivity index (χ1n) is 4.19. The summed E-state index contributed by atoms with van der Waals surface area (Å²) in [6.45, 7) is 2.46. The molecule has 5 nitrogen and oxygen atoms in total. The van der Waals surface area contributed by atoms with Crippen LogP contribution in [0.25, 0.3) is 0 Å². The first kappa shape index (κ1) is 12.3. The van der Waals surface area contributed by atoms with E-state index in [1.165, 1.54) is 0 Å². The zero-order valence-electron chi connectivity index (χ0n) is 8.37. The Balaban J connectivity index is 3.59. The highest BCUT2D eigenvalue weighted by Gasteiger charge is 2.14. The molecule has 0 aromatic heterocycles. The first-order valence-corrected chi connectivity index (χ1v) is 4.19. The minimum Gasteiger partial charge on any atom is -0.370 e. The van der Waals surface area contributed by atoms with Crippen molar-refractivity contribution in [3.05, 3.63) is 0 Å². The van der Waals surface area contributed by atoms with Crippen molar-refractivity contribution in [1.82, 2.24) is 5.32 Å². The Morgan fingerprint density at radius 1 is 1.46 bits per heavy atom. The van der Waals surface area contributed by atoms with Crippen molar-refractivity contribution in [2.75, 3.05) is 20.8 Å². The Kier molecular flexibility index (Phi) is 6.48. The molecule has 0 rings (SSSR count). The second-order valence-corrected chi connectivity index (χ2v) is 2.80. The Hall–Kier alpha value is -0.650. The van der Waals surface area contributed by atoms with Gasteiger partial charge in [-0.15, -0.1) is 0 Å². The van der Waals surface area contributed by atoms with Gasteiger partial charge in [0.2, 0.25) is 5.91 Å². The average molecular weight is 190 g/mol. The lowest BCUT2D eigenvalue weighted by Crippen LogP contribution is -2.40. The van der Waals surface area contributed by atoms with Gasteiger partial charge in [-0.05, 0) is 6.92 Å². The summed E-state index contributed by atoms with van der Waals surface area (Å²) in [4.78, 5) is 10.4. The number of carbonyl (C=O) groups excluding carboxylic acids is 1. The maximum atomic E-state index is 10.4. The van der Waals surface area contributed by atoms with Crippen LogP contribution in [0.5, 0.6) is 0 Å². The van der Waals surface area contributed by atoms with Crippen molar-refractivity contribution in [1.29, 1.82) is 0 Å². The van der Waals surface area contributed by atoms with E-state index >= 15 is 0 Å². The summed E-state index contributed by atoms with van der Waals surface area (Å²) in [6, 6.07) is 0.0364. The molecule has 0 aromatic rings. The number of primary amides is 1. The summed E-state index contributed by atoms with van der Waals surface area (Å²) in [6.07, 6.45) is 0.0256. The van der Waals surface area contributed by atoms with E-state index in [1.54, 1.807) is 14.2 Å². The van der Waals surface area contributed by atoms with E-state index in [4.69, 9.17) is 15.2 Å². The lowest BCUT2D eigenvalue weighted by Gasteiger charge is -2.21. The Bertz CT molecular complexity index is 148. The molecular formula is C8H18N2O3. The van der Waals surface area contributed by atoms with Crippen LogP contribution in [0.1, 0.15) is 13.3 Å². The molecule has 3 N–H and O–H groups in total. The van der Waals surface area contributed by atoms with E-state index < -0.39 is 0 Å². The Morgan fingerprint density at radius 3 is 2.38 bits per heavy atom. The molecule has 0 spiro atoms. The number of rotatable bonds is 7. The molecule has 0 heterocycles. The van der Waals surface area contributed by atoms with Crippen LogP contribution in [0.2, 0.25) is 0 Å². The molecule has 78 valence electrons. The van der Waals surface area contributed by atoms with Gasteiger partial charge in [0.15, 0.2) is 6.29 Å². The Morgan fingerprint density at radius 2 is 2.00 bits per heavy atom. The predicted molar refractivity (Wildman–Crippen MR) is 49.1 cm³/mol. The van der Waals surface area contributed by atoms with Gasteiger partial charge in [0, 0.05) is 27.2 Å². The predicted octanol–water partition coefficient (Wildman–Crippen LogP) is -0.541. The molecule has 0 aliphatic carbocycles. The fourth-order valence-electron chi connectivity index (χ4n) is 1.02. The van der Waals surface area contributed by atoms with E-state index in [2.05, 4.69) is 5.32 Å². The monoisotopic (exact) mass is 190 g/mol. The van der Waals surface area contributed by atoms with Crippen LogP contribution in [0, 0.1) is 0 Å². The summed E-state index contributed by atoms with van der Waals surface area (Å²) >= 11 is 0. The Labute approximate surface area is 78.6 Å². The van der Waals surface area contributed by atoms with Crippen molar-refractivity contribution >= 4 is 5.91 Å². The second kappa shape index (κ2) is 6.82. The fourth-order valence-corrected chi connectivity index (χ4v) is 1.02. The van der Waals surface area contributed by atoms with Crippen LogP contribution in [-0.4, -0.2) is 39.0 Å². The van der Waals surface area contributed by atoms with Crippen molar-refractivity contribution in [3.63, 3.8) is 0 Å². The topological polar surface area (TPSA) is 73.6 Å². The molecule has 0 bridgehead atoms. The maximum Gasteiger partial charge on any atom is 0.218 e. The van der Waals surface area contributed by atoms with Gasteiger partial charge in [-0.25, -0.2) is 0 Å². The highest BCUT2D eigenvalue weighted by Crippen LogP contribution is 1.97. The number of ether oxygens (including phenoxy) is 2. The maximum absolute atomic E-state index is 10.4. The van der Waals surface area contributed by atoms with Crippen LogP contribution >= 0.6 is 0 Å². The zero-order chi connectivity index (χ0) is 10.3. The number of methoxy groups -OCH3 is 2. The molecular weight excluding hydrogens is 172 g/mol. The molecule has 1 atom stereocenters.